The van der Waals surface area contributed by atoms with Crippen LogP contribution in [0.3, 0.4) is 0 Å². The summed E-state index contributed by atoms with van der Waals surface area (Å²) < 4.78 is 60.3. The van der Waals surface area contributed by atoms with Gasteiger partial charge in [-0.05, 0) is 109 Å². The first-order valence-electron chi connectivity index (χ1n) is 16.8. The number of fused-ring (bicyclic) bond motifs is 1. The molecule has 1 aromatic heterocycles. The highest BCUT2D eigenvalue weighted by atomic mass is 19.4. The van der Waals surface area contributed by atoms with Crippen molar-refractivity contribution in [1.29, 1.82) is 0 Å². The molecular formula is C40H35F5N4O3. The number of carbonyl (C=O) groups excluding carboxylic acids is 1. The van der Waals surface area contributed by atoms with E-state index in [2.05, 4.69) is 52.3 Å². The van der Waals surface area contributed by atoms with E-state index in [1.54, 1.807) is 35.4 Å². The Morgan fingerprint density at radius 3 is 2.15 bits per heavy atom. The minimum Gasteiger partial charge on any atom is -0.475 e. The maximum Gasteiger partial charge on any atom is 0.490 e. The van der Waals surface area contributed by atoms with Crippen LogP contribution in [0.4, 0.5) is 22.0 Å². The summed E-state index contributed by atoms with van der Waals surface area (Å²) in [6.45, 7) is 3.25. The third-order valence-corrected chi connectivity index (χ3v) is 9.43. The Kier molecular flexibility index (Phi) is 10.8. The second kappa shape index (κ2) is 15.4. The van der Waals surface area contributed by atoms with Gasteiger partial charge in [0.15, 0.2) is 11.4 Å². The van der Waals surface area contributed by atoms with Crippen molar-refractivity contribution in [1.82, 2.24) is 14.8 Å². The van der Waals surface area contributed by atoms with E-state index in [0.29, 0.717) is 35.1 Å². The van der Waals surface area contributed by atoms with Gasteiger partial charge in [0.2, 0.25) is 0 Å². The van der Waals surface area contributed by atoms with Gasteiger partial charge in [0, 0.05) is 12.7 Å². The molecule has 0 spiro atoms. The van der Waals surface area contributed by atoms with Crippen LogP contribution in [0.1, 0.15) is 47.6 Å². The van der Waals surface area contributed by atoms with Gasteiger partial charge in [-0.2, -0.15) is 13.2 Å². The zero-order valence-electron chi connectivity index (χ0n) is 27.9. The first-order valence-corrected chi connectivity index (χ1v) is 16.8. The largest absolute Gasteiger partial charge is 0.490 e. The number of rotatable bonds is 8. The fourth-order valence-electron chi connectivity index (χ4n) is 6.93. The number of carbonyl (C=O) groups is 2. The van der Waals surface area contributed by atoms with Crippen molar-refractivity contribution in [2.45, 2.75) is 36.9 Å². The number of likely N-dealkylation sites (tertiary alicyclic amines) is 1. The van der Waals surface area contributed by atoms with Gasteiger partial charge in [0.1, 0.15) is 17.3 Å². The molecule has 4 aromatic carbocycles. The Balaban J connectivity index is 0.000000604. The molecule has 0 saturated carbocycles. The number of piperidine rings is 1. The van der Waals surface area contributed by atoms with E-state index in [1.807, 2.05) is 18.2 Å². The number of nitrogens with zero attached hydrogens (tertiary/aromatic N) is 4. The van der Waals surface area contributed by atoms with Crippen LogP contribution in [-0.2, 0) is 15.1 Å². The summed E-state index contributed by atoms with van der Waals surface area (Å²) in [4.78, 5) is 37.1. The molecule has 1 unspecified atom stereocenters. The molecule has 2 aliphatic rings. The zero-order chi connectivity index (χ0) is 36.9. The number of aliphatic carboxylic acids is 1. The van der Waals surface area contributed by atoms with Crippen molar-refractivity contribution in [2.24, 2.45) is 4.99 Å². The number of halogens is 5. The number of aromatic nitrogens is 1. The van der Waals surface area contributed by atoms with Crippen molar-refractivity contribution in [3.05, 3.63) is 149 Å². The van der Waals surface area contributed by atoms with Crippen LogP contribution in [0, 0.1) is 11.6 Å². The molecule has 0 bridgehead atoms. The topological polar surface area (TPSA) is 86.1 Å². The maximum atomic E-state index is 14.6. The van der Waals surface area contributed by atoms with Crippen LogP contribution in [-0.4, -0.2) is 70.0 Å². The van der Waals surface area contributed by atoms with Gasteiger partial charge in [-0.25, -0.2) is 18.6 Å². The smallest absolute Gasteiger partial charge is 0.475 e. The molecule has 1 atom stereocenters. The number of amidine groups is 1. The Hall–Kier alpha value is -5.49. The summed E-state index contributed by atoms with van der Waals surface area (Å²) in [7, 11) is 0. The highest BCUT2D eigenvalue weighted by Crippen LogP contribution is 2.41. The standard InChI is InChI=1S/C38H34F2N4O.C2HF3O2/c39-31-17-15-29(16-18-31)38(30-10-6-11-32(40)26-30)37(45)44(36(42-38)35-14-3-4-21-41-35)23-7-22-43-24-19-28(20-25-43)34-13-5-9-27-8-1-2-12-33(27)34;3-2(4,5)1(6)7/h1-6,8-18,21,26,28H,7,19-20,22-25H2;(H,6,7). The van der Waals surface area contributed by atoms with E-state index >= 15 is 0 Å². The number of alkyl halides is 3. The van der Waals surface area contributed by atoms with Crippen LogP contribution >= 0.6 is 0 Å². The molecule has 1 amide bonds. The van der Waals surface area contributed by atoms with Gasteiger partial charge >= 0.3 is 12.1 Å². The van der Waals surface area contributed by atoms with E-state index in [4.69, 9.17) is 14.9 Å². The first-order chi connectivity index (χ1) is 25.0. The second-order valence-corrected chi connectivity index (χ2v) is 12.7. The summed E-state index contributed by atoms with van der Waals surface area (Å²) in [5, 5.41) is 9.75. The zero-order valence-corrected chi connectivity index (χ0v) is 27.9. The Labute approximate surface area is 297 Å². The molecule has 0 radical (unpaired) electrons. The number of hydrogen-bond donors (Lipinski definition) is 1. The lowest BCUT2D eigenvalue weighted by Gasteiger charge is -2.33. The van der Waals surface area contributed by atoms with Crippen LogP contribution in [0.5, 0.6) is 0 Å². The van der Waals surface area contributed by atoms with Gasteiger partial charge < -0.3 is 10.0 Å². The molecule has 7 nitrogen and oxygen atoms in total. The Morgan fingerprint density at radius 1 is 0.808 bits per heavy atom. The molecular weight excluding hydrogens is 679 g/mol. The Bertz CT molecular complexity index is 2060. The lowest BCUT2D eigenvalue weighted by Crippen LogP contribution is -2.43. The normalized spacial score (nSPS) is 18.2. The minimum absolute atomic E-state index is 0.296. The van der Waals surface area contributed by atoms with Crippen molar-refractivity contribution < 1.29 is 36.6 Å². The average Bonchev–Trinajstić information content (AvgIpc) is 3.44. The molecule has 1 saturated heterocycles. The van der Waals surface area contributed by atoms with Crippen molar-refractivity contribution in [3.8, 4) is 0 Å². The molecule has 12 heteroatoms. The lowest BCUT2D eigenvalue weighted by molar-refractivity contribution is -0.192. The molecule has 0 aliphatic carbocycles. The van der Waals surface area contributed by atoms with Crippen molar-refractivity contribution in [2.75, 3.05) is 26.2 Å². The maximum absolute atomic E-state index is 14.6. The highest BCUT2D eigenvalue weighted by molar-refractivity contribution is 6.16. The van der Waals surface area contributed by atoms with Gasteiger partial charge in [-0.15, -0.1) is 0 Å². The van der Waals surface area contributed by atoms with E-state index in [0.717, 1.165) is 38.9 Å². The predicted octanol–water partition coefficient (Wildman–Crippen LogP) is 7.95. The van der Waals surface area contributed by atoms with E-state index in [9.17, 15) is 26.7 Å². The molecule has 1 fully saturated rings. The average molecular weight is 715 g/mol. The van der Waals surface area contributed by atoms with E-state index < -0.39 is 29.3 Å². The SMILES string of the molecule is O=C(O)C(F)(F)F.O=C1N(CCCN2CCC(c3cccc4ccccc34)CC2)C(c2ccccn2)=NC1(c1ccc(F)cc1)c1cccc(F)c1. The molecule has 7 rings (SSSR count). The van der Waals surface area contributed by atoms with E-state index in [1.165, 1.54) is 40.6 Å². The molecule has 2 aliphatic heterocycles. The second-order valence-electron chi connectivity index (χ2n) is 12.7. The molecule has 1 N–H and O–H groups in total. The Morgan fingerprint density at radius 2 is 1.48 bits per heavy atom. The van der Waals surface area contributed by atoms with Crippen molar-refractivity contribution in [3.63, 3.8) is 0 Å². The van der Waals surface area contributed by atoms with E-state index in [-0.39, 0.29) is 5.91 Å². The molecule has 52 heavy (non-hydrogen) atoms. The summed E-state index contributed by atoms with van der Waals surface area (Å²) in [6, 6.07) is 32.4. The summed E-state index contributed by atoms with van der Waals surface area (Å²) in [5.74, 6) is -2.99. The van der Waals surface area contributed by atoms with Gasteiger partial charge in [-0.3, -0.25) is 14.7 Å². The molecule has 3 heterocycles. The summed E-state index contributed by atoms with van der Waals surface area (Å²) >= 11 is 0. The number of carboxylic acid groups (broad SMARTS) is 1. The summed E-state index contributed by atoms with van der Waals surface area (Å²) in [6.07, 6.45) is -0.505. The van der Waals surface area contributed by atoms with Gasteiger partial charge in [-0.1, -0.05) is 72.8 Å². The fraction of sp³-hybridized carbons (Fsp3) is 0.250. The summed E-state index contributed by atoms with van der Waals surface area (Å²) in [5.41, 5.74) is 1.30. The minimum atomic E-state index is -5.08. The van der Waals surface area contributed by atoms with Gasteiger partial charge in [0.05, 0.1) is 0 Å². The number of pyridine rings is 1. The number of carboxylic acids is 1. The number of aliphatic imine (C=N–C) groups is 1. The lowest BCUT2D eigenvalue weighted by atomic mass is 9.82. The molecule has 5 aromatic rings. The third-order valence-electron chi connectivity index (χ3n) is 9.43. The number of hydrogen-bond acceptors (Lipinski definition) is 5. The quantitative estimate of drug-likeness (QED) is 0.165. The van der Waals surface area contributed by atoms with Crippen LogP contribution in [0.2, 0.25) is 0 Å². The third kappa shape index (κ3) is 7.71. The number of benzene rings is 4. The van der Waals surface area contributed by atoms with Crippen molar-refractivity contribution >= 4 is 28.5 Å². The van der Waals surface area contributed by atoms with Crippen LogP contribution in [0.15, 0.2) is 120 Å². The fourth-order valence-corrected chi connectivity index (χ4v) is 6.93. The first kappa shape index (κ1) is 36.3. The van der Waals surface area contributed by atoms with Crippen LogP contribution in [0.25, 0.3) is 10.8 Å². The van der Waals surface area contributed by atoms with Crippen LogP contribution < -0.4 is 0 Å². The monoisotopic (exact) mass is 714 g/mol. The van der Waals surface area contributed by atoms with Gasteiger partial charge in [0.25, 0.3) is 5.91 Å². The number of amides is 1. The molecule has 268 valence electrons. The highest BCUT2D eigenvalue weighted by Gasteiger charge is 2.51. The predicted molar refractivity (Wildman–Crippen MR) is 187 cm³/mol.